The van der Waals surface area contributed by atoms with Crippen molar-refractivity contribution in [2.75, 3.05) is 19.6 Å². The van der Waals surface area contributed by atoms with Crippen LogP contribution in [0.5, 0.6) is 0 Å². The van der Waals surface area contributed by atoms with Crippen LogP contribution in [0.4, 0.5) is 0 Å². The quantitative estimate of drug-likeness (QED) is 0.891. The predicted molar refractivity (Wildman–Crippen MR) is 89.5 cm³/mol. The Morgan fingerprint density at radius 1 is 1.33 bits per heavy atom. The topological polar surface area (TPSA) is 73.7 Å². The van der Waals surface area contributed by atoms with Crippen molar-refractivity contribution < 1.29 is 14.7 Å². The monoisotopic (exact) mass is 331 g/mol. The SMILES string of the molecule is CC(C)C1CN(Cc2cccc(C(=O)N3CCCC3C(=O)O)n2)C1. The molecule has 24 heavy (non-hydrogen) atoms. The summed E-state index contributed by atoms with van der Waals surface area (Å²) in [5.41, 5.74) is 1.22. The first-order valence-electron chi connectivity index (χ1n) is 8.67. The molecule has 0 aliphatic carbocycles. The molecule has 0 saturated carbocycles. The van der Waals surface area contributed by atoms with Gasteiger partial charge in [-0.15, -0.1) is 0 Å². The molecule has 2 saturated heterocycles. The first-order valence-corrected chi connectivity index (χ1v) is 8.67. The molecule has 2 aliphatic rings. The summed E-state index contributed by atoms with van der Waals surface area (Å²) in [6, 6.07) is 4.72. The Hall–Kier alpha value is -1.95. The Kier molecular flexibility index (Phi) is 4.85. The number of carboxylic acids is 1. The molecule has 0 radical (unpaired) electrons. The molecule has 1 aromatic heterocycles. The van der Waals surface area contributed by atoms with Crippen LogP contribution in [0, 0.1) is 11.8 Å². The largest absolute Gasteiger partial charge is 0.480 e. The lowest BCUT2D eigenvalue weighted by Crippen LogP contribution is -2.48. The van der Waals surface area contributed by atoms with Crippen molar-refractivity contribution in [2.24, 2.45) is 11.8 Å². The molecule has 2 aliphatic heterocycles. The van der Waals surface area contributed by atoms with Gasteiger partial charge >= 0.3 is 5.97 Å². The standard InChI is InChI=1S/C18H25N3O3/c1-12(2)13-9-20(10-13)11-14-5-3-6-15(19-14)17(22)21-8-4-7-16(21)18(23)24/h3,5-6,12-13,16H,4,7-11H2,1-2H3,(H,23,24). The molecule has 1 aromatic rings. The third-order valence-corrected chi connectivity index (χ3v) is 5.14. The highest BCUT2D eigenvalue weighted by molar-refractivity contribution is 5.95. The molecular weight excluding hydrogens is 306 g/mol. The van der Waals surface area contributed by atoms with Crippen LogP contribution in [0.25, 0.3) is 0 Å². The maximum Gasteiger partial charge on any atom is 0.326 e. The van der Waals surface area contributed by atoms with Gasteiger partial charge in [-0.25, -0.2) is 9.78 Å². The lowest BCUT2D eigenvalue weighted by molar-refractivity contribution is -0.141. The zero-order chi connectivity index (χ0) is 17.3. The van der Waals surface area contributed by atoms with E-state index < -0.39 is 12.0 Å². The number of amides is 1. The maximum absolute atomic E-state index is 12.6. The van der Waals surface area contributed by atoms with Crippen LogP contribution < -0.4 is 0 Å². The van der Waals surface area contributed by atoms with E-state index in [0.717, 1.165) is 37.7 Å². The van der Waals surface area contributed by atoms with Crippen LogP contribution in [0.3, 0.4) is 0 Å². The summed E-state index contributed by atoms with van der Waals surface area (Å²) in [5, 5.41) is 9.24. The molecule has 1 N–H and O–H groups in total. The Bertz CT molecular complexity index is 626. The Balaban J connectivity index is 1.65. The van der Waals surface area contributed by atoms with Gasteiger partial charge in [0.2, 0.25) is 0 Å². The van der Waals surface area contributed by atoms with Crippen LogP contribution in [-0.2, 0) is 11.3 Å². The van der Waals surface area contributed by atoms with Crippen molar-refractivity contribution in [3.05, 3.63) is 29.6 Å². The highest BCUT2D eigenvalue weighted by atomic mass is 16.4. The van der Waals surface area contributed by atoms with Crippen LogP contribution in [0.1, 0.15) is 42.9 Å². The van der Waals surface area contributed by atoms with E-state index in [9.17, 15) is 14.7 Å². The van der Waals surface area contributed by atoms with Crippen molar-refractivity contribution in [1.29, 1.82) is 0 Å². The summed E-state index contributed by atoms with van der Waals surface area (Å²) in [6.07, 6.45) is 1.25. The second kappa shape index (κ2) is 6.89. The fourth-order valence-electron chi connectivity index (χ4n) is 3.49. The van der Waals surface area contributed by atoms with Gasteiger partial charge in [-0.1, -0.05) is 19.9 Å². The van der Waals surface area contributed by atoms with Gasteiger partial charge in [-0.2, -0.15) is 0 Å². The average Bonchev–Trinajstić information content (AvgIpc) is 2.99. The number of carbonyl (C=O) groups is 2. The number of hydrogen-bond donors (Lipinski definition) is 1. The highest BCUT2D eigenvalue weighted by Crippen LogP contribution is 2.25. The second-order valence-corrected chi connectivity index (χ2v) is 7.21. The third kappa shape index (κ3) is 3.43. The minimum Gasteiger partial charge on any atom is -0.480 e. The molecule has 1 atom stereocenters. The van der Waals surface area contributed by atoms with Gasteiger partial charge in [0.15, 0.2) is 0 Å². The number of nitrogens with zero attached hydrogens (tertiary/aromatic N) is 3. The Morgan fingerprint density at radius 2 is 2.08 bits per heavy atom. The number of carbonyl (C=O) groups excluding carboxylic acids is 1. The number of likely N-dealkylation sites (tertiary alicyclic amines) is 2. The zero-order valence-corrected chi connectivity index (χ0v) is 14.3. The lowest BCUT2D eigenvalue weighted by Gasteiger charge is -2.41. The second-order valence-electron chi connectivity index (χ2n) is 7.21. The van der Waals surface area contributed by atoms with Crippen LogP contribution in [0.15, 0.2) is 18.2 Å². The van der Waals surface area contributed by atoms with E-state index in [1.165, 1.54) is 4.90 Å². The van der Waals surface area contributed by atoms with Crippen LogP contribution in [-0.4, -0.2) is 57.4 Å². The summed E-state index contributed by atoms with van der Waals surface area (Å²) < 4.78 is 0. The molecule has 0 aromatic carbocycles. The summed E-state index contributed by atoms with van der Waals surface area (Å²) >= 11 is 0. The van der Waals surface area contributed by atoms with E-state index >= 15 is 0 Å². The molecule has 0 spiro atoms. The summed E-state index contributed by atoms with van der Waals surface area (Å²) in [4.78, 5) is 32.1. The van der Waals surface area contributed by atoms with E-state index in [1.807, 2.05) is 12.1 Å². The smallest absolute Gasteiger partial charge is 0.326 e. The molecule has 130 valence electrons. The number of pyridine rings is 1. The normalized spacial score (nSPS) is 22.0. The summed E-state index contributed by atoms with van der Waals surface area (Å²) in [6.45, 7) is 7.87. The summed E-state index contributed by atoms with van der Waals surface area (Å²) in [5.74, 6) is 0.240. The van der Waals surface area contributed by atoms with Crippen molar-refractivity contribution in [1.82, 2.24) is 14.8 Å². The van der Waals surface area contributed by atoms with Gasteiger partial charge in [-0.05, 0) is 36.8 Å². The molecule has 2 fully saturated rings. The fourth-order valence-corrected chi connectivity index (χ4v) is 3.49. The molecule has 1 amide bonds. The number of aromatic nitrogens is 1. The van der Waals surface area contributed by atoms with Crippen molar-refractivity contribution >= 4 is 11.9 Å². The van der Waals surface area contributed by atoms with Crippen LogP contribution >= 0.6 is 0 Å². The molecule has 1 unspecified atom stereocenters. The summed E-state index contributed by atoms with van der Waals surface area (Å²) in [7, 11) is 0. The van der Waals surface area contributed by atoms with E-state index in [-0.39, 0.29) is 5.91 Å². The molecule has 0 bridgehead atoms. The molecule has 3 heterocycles. The number of aliphatic carboxylic acids is 1. The predicted octanol–water partition coefficient (Wildman–Crippen LogP) is 1.86. The maximum atomic E-state index is 12.6. The van der Waals surface area contributed by atoms with Crippen molar-refractivity contribution in [3.63, 3.8) is 0 Å². The lowest BCUT2D eigenvalue weighted by atomic mass is 9.88. The molecule has 3 rings (SSSR count). The van der Waals surface area contributed by atoms with E-state index in [1.54, 1.807) is 6.07 Å². The minimum atomic E-state index is -0.933. The first kappa shape index (κ1) is 16.9. The van der Waals surface area contributed by atoms with Gasteiger partial charge in [0.05, 0.1) is 5.69 Å². The van der Waals surface area contributed by atoms with Gasteiger partial charge < -0.3 is 10.0 Å². The van der Waals surface area contributed by atoms with Crippen molar-refractivity contribution in [3.8, 4) is 0 Å². The molecule has 6 heteroatoms. The first-order chi connectivity index (χ1) is 11.5. The van der Waals surface area contributed by atoms with Gasteiger partial charge in [0.1, 0.15) is 11.7 Å². The zero-order valence-electron chi connectivity index (χ0n) is 14.3. The van der Waals surface area contributed by atoms with E-state index in [2.05, 4.69) is 23.7 Å². The van der Waals surface area contributed by atoms with Gasteiger partial charge in [0, 0.05) is 26.2 Å². The highest BCUT2D eigenvalue weighted by Gasteiger charge is 2.35. The molecular formula is C18H25N3O3. The number of rotatable bonds is 5. The van der Waals surface area contributed by atoms with Crippen molar-refractivity contribution in [2.45, 2.75) is 39.3 Å². The van der Waals surface area contributed by atoms with E-state index in [0.29, 0.717) is 24.6 Å². The fraction of sp³-hybridized carbons (Fsp3) is 0.611. The average molecular weight is 331 g/mol. The van der Waals surface area contributed by atoms with Gasteiger partial charge in [-0.3, -0.25) is 9.69 Å². The van der Waals surface area contributed by atoms with Crippen LogP contribution in [0.2, 0.25) is 0 Å². The Morgan fingerprint density at radius 3 is 2.75 bits per heavy atom. The minimum absolute atomic E-state index is 0.273. The third-order valence-electron chi connectivity index (χ3n) is 5.14. The Labute approximate surface area is 142 Å². The van der Waals surface area contributed by atoms with E-state index in [4.69, 9.17) is 0 Å². The number of carboxylic acid groups (broad SMARTS) is 1. The molecule has 6 nitrogen and oxygen atoms in total. The number of hydrogen-bond acceptors (Lipinski definition) is 4. The van der Waals surface area contributed by atoms with Gasteiger partial charge in [0.25, 0.3) is 5.91 Å².